The number of halogens is 1. The van der Waals surface area contributed by atoms with Crippen LogP contribution in [0.4, 0.5) is 0 Å². The first-order valence-corrected chi connectivity index (χ1v) is 10.6. The Morgan fingerprint density at radius 1 is 0.812 bits per heavy atom. The zero-order valence-electron chi connectivity index (χ0n) is 17.4. The molecular weight excluding hydrogens is 428 g/mol. The van der Waals surface area contributed by atoms with E-state index in [-0.39, 0.29) is 29.4 Å². The number of carbonyl (C=O) groups excluding carboxylic acids is 1. The Labute approximate surface area is 190 Å². The molecule has 0 aliphatic rings. The monoisotopic (exact) mass is 448 g/mol. The molecule has 1 N–H and O–H groups in total. The van der Waals surface area contributed by atoms with E-state index in [0.29, 0.717) is 33.7 Å². The molecule has 0 unspecified atom stereocenters. The Morgan fingerprint density at radius 2 is 1.41 bits per heavy atom. The third-order valence-electron chi connectivity index (χ3n) is 4.71. The van der Waals surface area contributed by atoms with E-state index in [4.69, 9.17) is 25.8 Å². The van der Waals surface area contributed by atoms with Crippen molar-refractivity contribution in [2.75, 3.05) is 0 Å². The third-order valence-corrected chi connectivity index (χ3v) is 4.94. The number of phenolic OH excluding ortho intramolecular Hbond substituents is 1. The Kier molecular flexibility index (Phi) is 6.47. The van der Waals surface area contributed by atoms with Gasteiger partial charge >= 0.3 is 5.97 Å². The van der Waals surface area contributed by atoms with E-state index < -0.39 is 5.97 Å². The fourth-order valence-corrected chi connectivity index (χ4v) is 3.41. The quantitative estimate of drug-likeness (QED) is 0.234. The van der Waals surface area contributed by atoms with Crippen LogP contribution in [0.5, 0.6) is 34.5 Å². The van der Waals surface area contributed by atoms with Crippen molar-refractivity contribution in [2.24, 2.45) is 0 Å². The lowest BCUT2D eigenvalue weighted by Gasteiger charge is -2.20. The van der Waals surface area contributed by atoms with Gasteiger partial charge in [-0.05, 0) is 48.9 Å². The van der Waals surface area contributed by atoms with Gasteiger partial charge in [0, 0.05) is 22.2 Å². The zero-order chi connectivity index (χ0) is 22.5. The molecule has 4 aromatic rings. The van der Waals surface area contributed by atoms with Gasteiger partial charge in [0.2, 0.25) is 11.5 Å². The summed E-state index contributed by atoms with van der Waals surface area (Å²) in [6.07, 6.45) is 0.860. The predicted octanol–water partition coefficient (Wildman–Crippen LogP) is 7.49. The molecule has 5 nitrogen and oxygen atoms in total. The number of carbonyl (C=O) groups is 1. The van der Waals surface area contributed by atoms with Crippen LogP contribution >= 0.6 is 11.6 Å². The molecule has 0 fully saturated rings. The first-order valence-electron chi connectivity index (χ1n) is 10.2. The summed E-state index contributed by atoms with van der Waals surface area (Å²) in [6, 6.07) is 22.9. The molecule has 0 saturated heterocycles. The van der Waals surface area contributed by atoms with E-state index in [9.17, 15) is 9.90 Å². The lowest BCUT2D eigenvalue weighted by atomic mass is 10.1. The van der Waals surface area contributed by atoms with E-state index in [1.165, 1.54) is 0 Å². The topological polar surface area (TPSA) is 65.0 Å². The minimum Gasteiger partial charge on any atom is -0.504 e. The number of aromatic hydroxyl groups is 1. The molecule has 0 heterocycles. The number of fused-ring (bicyclic) bond motifs is 1. The van der Waals surface area contributed by atoms with Crippen molar-refractivity contribution in [3.05, 3.63) is 83.9 Å². The second kappa shape index (κ2) is 9.62. The maximum absolute atomic E-state index is 12.5. The van der Waals surface area contributed by atoms with E-state index in [0.717, 1.165) is 0 Å². The normalized spacial score (nSPS) is 10.7. The van der Waals surface area contributed by atoms with Crippen LogP contribution in [0, 0.1) is 0 Å². The van der Waals surface area contributed by atoms with Crippen molar-refractivity contribution >= 4 is 28.3 Å². The highest BCUT2D eigenvalue weighted by molar-refractivity contribution is 6.31. The van der Waals surface area contributed by atoms with Crippen molar-refractivity contribution in [1.29, 1.82) is 0 Å². The highest BCUT2D eigenvalue weighted by Gasteiger charge is 2.26. The molecular formula is C26H21ClO5. The van der Waals surface area contributed by atoms with Gasteiger partial charge < -0.3 is 19.3 Å². The molecule has 0 aliphatic carbocycles. The molecule has 0 amide bonds. The van der Waals surface area contributed by atoms with Gasteiger partial charge in [0.25, 0.3) is 0 Å². The molecule has 0 saturated carbocycles. The minimum atomic E-state index is -0.419. The second-order valence-corrected chi connectivity index (χ2v) is 7.52. The maximum atomic E-state index is 12.5. The second-order valence-electron chi connectivity index (χ2n) is 7.08. The summed E-state index contributed by atoms with van der Waals surface area (Å²) in [7, 11) is 0. The molecule has 0 aromatic heterocycles. The molecule has 0 radical (unpaired) electrons. The van der Waals surface area contributed by atoms with Crippen LogP contribution < -0.4 is 14.2 Å². The van der Waals surface area contributed by atoms with Crippen molar-refractivity contribution in [3.8, 4) is 34.5 Å². The summed E-state index contributed by atoms with van der Waals surface area (Å²) in [6.45, 7) is 1.89. The van der Waals surface area contributed by atoms with Crippen molar-refractivity contribution in [2.45, 2.75) is 19.8 Å². The van der Waals surface area contributed by atoms with E-state index in [1.807, 2.05) is 43.3 Å². The highest BCUT2D eigenvalue weighted by atomic mass is 35.5. The van der Waals surface area contributed by atoms with Crippen LogP contribution in [0.15, 0.2) is 78.9 Å². The highest BCUT2D eigenvalue weighted by Crippen LogP contribution is 2.53. The molecule has 0 atom stereocenters. The van der Waals surface area contributed by atoms with E-state index >= 15 is 0 Å². The van der Waals surface area contributed by atoms with Gasteiger partial charge in [-0.15, -0.1) is 0 Å². The summed E-state index contributed by atoms with van der Waals surface area (Å²) in [5.41, 5.74) is 0. The number of benzene rings is 4. The molecule has 6 heteroatoms. The van der Waals surface area contributed by atoms with Gasteiger partial charge in [0.15, 0.2) is 11.5 Å². The summed E-state index contributed by atoms with van der Waals surface area (Å²) in [4.78, 5) is 12.5. The largest absolute Gasteiger partial charge is 0.504 e. The first-order chi connectivity index (χ1) is 15.6. The van der Waals surface area contributed by atoms with E-state index in [1.54, 1.807) is 42.5 Å². The number of hydrogen-bond donors (Lipinski definition) is 1. The smallest absolute Gasteiger partial charge is 0.311 e. The maximum Gasteiger partial charge on any atom is 0.311 e. The number of para-hydroxylation sites is 2. The lowest BCUT2D eigenvalue weighted by molar-refractivity contribution is -0.134. The fourth-order valence-electron chi connectivity index (χ4n) is 3.24. The van der Waals surface area contributed by atoms with Crippen LogP contribution in [0.3, 0.4) is 0 Å². The lowest BCUT2D eigenvalue weighted by Crippen LogP contribution is -2.09. The molecule has 0 aliphatic heterocycles. The van der Waals surface area contributed by atoms with Crippen LogP contribution in [0.2, 0.25) is 5.02 Å². The summed E-state index contributed by atoms with van der Waals surface area (Å²) in [5.74, 6) is 0.651. The molecule has 32 heavy (non-hydrogen) atoms. The van der Waals surface area contributed by atoms with Crippen LogP contribution in [-0.4, -0.2) is 11.1 Å². The summed E-state index contributed by atoms with van der Waals surface area (Å²) >= 11 is 6.19. The fraction of sp³-hybridized carbons (Fsp3) is 0.115. The van der Waals surface area contributed by atoms with Gasteiger partial charge in [-0.3, -0.25) is 4.79 Å². The van der Waals surface area contributed by atoms with Crippen molar-refractivity contribution in [1.82, 2.24) is 0 Å². The van der Waals surface area contributed by atoms with Gasteiger partial charge in [0.1, 0.15) is 11.5 Å². The average molecular weight is 449 g/mol. The molecule has 4 aromatic carbocycles. The van der Waals surface area contributed by atoms with Crippen LogP contribution in [-0.2, 0) is 4.79 Å². The third kappa shape index (κ3) is 4.63. The van der Waals surface area contributed by atoms with Crippen molar-refractivity contribution < 1.29 is 24.1 Å². The van der Waals surface area contributed by atoms with Gasteiger partial charge in [0.05, 0.1) is 0 Å². The van der Waals surface area contributed by atoms with E-state index in [2.05, 4.69) is 0 Å². The number of phenols is 1. The number of rotatable bonds is 7. The van der Waals surface area contributed by atoms with Gasteiger partial charge in [-0.25, -0.2) is 0 Å². The Morgan fingerprint density at radius 3 is 2.00 bits per heavy atom. The zero-order valence-corrected chi connectivity index (χ0v) is 18.1. The van der Waals surface area contributed by atoms with Gasteiger partial charge in [-0.2, -0.15) is 0 Å². The number of ether oxygens (including phenoxy) is 3. The Balaban J connectivity index is 1.97. The predicted molar refractivity (Wildman–Crippen MR) is 124 cm³/mol. The molecule has 162 valence electrons. The first kappa shape index (κ1) is 21.5. The number of esters is 1. The summed E-state index contributed by atoms with van der Waals surface area (Å²) in [5, 5.41) is 12.4. The molecule has 0 bridgehead atoms. The average Bonchev–Trinajstić information content (AvgIpc) is 2.80. The van der Waals surface area contributed by atoms with Crippen molar-refractivity contribution in [3.63, 3.8) is 0 Å². The SMILES string of the molecule is CCCC(=O)Oc1c(Oc2ccccc2)c(Oc2ccccc2)c(O)c2cc(Cl)ccc12. The number of hydrogen-bond acceptors (Lipinski definition) is 5. The van der Waals surface area contributed by atoms with Crippen LogP contribution in [0.25, 0.3) is 10.8 Å². The molecule has 4 rings (SSSR count). The molecule has 0 spiro atoms. The summed E-state index contributed by atoms with van der Waals surface area (Å²) < 4.78 is 17.9. The van der Waals surface area contributed by atoms with Crippen LogP contribution in [0.1, 0.15) is 19.8 Å². The van der Waals surface area contributed by atoms with Gasteiger partial charge in [-0.1, -0.05) is 54.9 Å². The minimum absolute atomic E-state index is 0.0223. The Bertz CT molecular complexity index is 1240. The standard InChI is InChI=1S/C26H21ClO5/c1-2-9-22(28)32-24-20-15-14-17(27)16-21(20)23(29)25(30-18-10-5-3-6-11-18)26(24)31-19-12-7-4-8-13-19/h3-8,10-16,29H,2,9H2,1H3. The Hall–Kier alpha value is -3.70.